The average molecular weight is 304 g/mol. The molecule has 0 spiro atoms. The van der Waals surface area contributed by atoms with Crippen LogP contribution in [0.15, 0.2) is 18.2 Å². The molecule has 0 aliphatic carbocycles. The number of nitrogens with zero attached hydrogens (tertiary/aromatic N) is 1. The van der Waals surface area contributed by atoms with Crippen molar-refractivity contribution in [2.45, 2.75) is 32.5 Å². The molecule has 1 atom stereocenters. The van der Waals surface area contributed by atoms with Crippen LogP contribution in [-0.4, -0.2) is 25.7 Å². The van der Waals surface area contributed by atoms with Crippen LogP contribution in [0.25, 0.3) is 0 Å². The lowest BCUT2D eigenvalue weighted by Gasteiger charge is -2.36. The molecule has 6 heteroatoms. The molecule has 0 amide bonds. The third-order valence-electron chi connectivity index (χ3n) is 3.63. The summed E-state index contributed by atoms with van der Waals surface area (Å²) in [7, 11) is 0. The molecule has 1 N–H and O–H groups in total. The molecular formula is C15H20F4N2. The highest BCUT2D eigenvalue weighted by atomic mass is 19.4. The molecule has 118 valence electrons. The Morgan fingerprint density at radius 1 is 1.33 bits per heavy atom. The Labute approximate surface area is 122 Å². The highest BCUT2D eigenvalue weighted by molar-refractivity contribution is 5.51. The fourth-order valence-electron chi connectivity index (χ4n) is 2.70. The molecule has 1 aromatic rings. The predicted octanol–water partition coefficient (Wildman–Crippen LogP) is 3.67. The smallest absolute Gasteiger partial charge is 0.366 e. The van der Waals surface area contributed by atoms with Crippen LogP contribution in [0.5, 0.6) is 0 Å². The Morgan fingerprint density at radius 3 is 2.67 bits per heavy atom. The minimum Gasteiger partial charge on any atom is -0.366 e. The van der Waals surface area contributed by atoms with Gasteiger partial charge in [0.15, 0.2) is 0 Å². The number of anilines is 1. The molecule has 0 radical (unpaired) electrons. The molecule has 1 fully saturated rings. The number of hydrogen-bond acceptors (Lipinski definition) is 2. The van der Waals surface area contributed by atoms with Gasteiger partial charge < -0.3 is 10.2 Å². The highest BCUT2D eigenvalue weighted by Gasteiger charge is 2.32. The van der Waals surface area contributed by atoms with Crippen molar-refractivity contribution in [2.75, 3.05) is 24.5 Å². The highest BCUT2D eigenvalue weighted by Crippen LogP contribution is 2.33. The standard InChI is InChI=1S/C15H20F4N2/c1-10(2)7-12-9-21(6-5-20-12)14-8-11(15(17,18)19)3-4-13(14)16/h3-4,8,10,12,20H,5-7,9H2,1-2H3. The monoisotopic (exact) mass is 304 g/mol. The van der Waals surface area contributed by atoms with Gasteiger partial charge in [0.25, 0.3) is 0 Å². The first-order valence-corrected chi connectivity index (χ1v) is 7.12. The molecule has 2 rings (SSSR count). The van der Waals surface area contributed by atoms with Crippen molar-refractivity contribution in [3.63, 3.8) is 0 Å². The van der Waals surface area contributed by atoms with Crippen LogP contribution < -0.4 is 10.2 Å². The summed E-state index contributed by atoms with van der Waals surface area (Å²) in [6.45, 7) is 5.85. The molecule has 1 aromatic carbocycles. The van der Waals surface area contributed by atoms with Gasteiger partial charge in [-0.1, -0.05) is 13.8 Å². The minimum absolute atomic E-state index is 0.0417. The Kier molecular flexibility index (Phi) is 4.76. The van der Waals surface area contributed by atoms with Crippen molar-refractivity contribution >= 4 is 5.69 Å². The molecule has 2 nitrogen and oxygen atoms in total. The van der Waals surface area contributed by atoms with Crippen molar-refractivity contribution in [3.8, 4) is 0 Å². The summed E-state index contributed by atoms with van der Waals surface area (Å²) >= 11 is 0. The summed E-state index contributed by atoms with van der Waals surface area (Å²) in [5.74, 6) is -0.123. The molecule has 0 saturated carbocycles. The maximum atomic E-state index is 13.9. The number of rotatable bonds is 3. The first kappa shape index (κ1) is 16.1. The lowest BCUT2D eigenvalue weighted by atomic mass is 10.0. The number of alkyl halides is 3. The second-order valence-electron chi connectivity index (χ2n) is 5.89. The van der Waals surface area contributed by atoms with E-state index in [1.54, 1.807) is 4.90 Å². The maximum absolute atomic E-state index is 13.9. The summed E-state index contributed by atoms with van der Waals surface area (Å²) in [4.78, 5) is 1.70. The van der Waals surface area contributed by atoms with Gasteiger partial charge in [0.2, 0.25) is 0 Å². The molecule has 1 saturated heterocycles. The van der Waals surface area contributed by atoms with Crippen LogP contribution in [0.2, 0.25) is 0 Å². The largest absolute Gasteiger partial charge is 0.416 e. The van der Waals surface area contributed by atoms with Crippen LogP contribution >= 0.6 is 0 Å². The van der Waals surface area contributed by atoms with Gasteiger partial charge in [0.1, 0.15) is 5.82 Å². The number of benzene rings is 1. The SMILES string of the molecule is CC(C)CC1CN(c2cc(C(F)(F)F)ccc2F)CCN1. The van der Waals surface area contributed by atoms with Gasteiger partial charge in [-0.3, -0.25) is 0 Å². The van der Waals surface area contributed by atoms with Crippen LogP contribution in [0.3, 0.4) is 0 Å². The van der Waals surface area contributed by atoms with E-state index in [-0.39, 0.29) is 11.7 Å². The summed E-state index contributed by atoms with van der Waals surface area (Å²) in [6.07, 6.45) is -3.54. The molecule has 0 aromatic heterocycles. The molecule has 1 aliphatic rings. The first-order chi connectivity index (χ1) is 9.77. The predicted molar refractivity (Wildman–Crippen MR) is 74.9 cm³/mol. The van der Waals surface area contributed by atoms with Crippen molar-refractivity contribution in [1.29, 1.82) is 0 Å². The molecule has 0 bridgehead atoms. The number of piperazine rings is 1. The summed E-state index contributed by atoms with van der Waals surface area (Å²) < 4.78 is 52.2. The van der Waals surface area contributed by atoms with Crippen LogP contribution in [-0.2, 0) is 6.18 Å². The first-order valence-electron chi connectivity index (χ1n) is 7.12. The Morgan fingerprint density at radius 2 is 2.05 bits per heavy atom. The quantitative estimate of drug-likeness (QED) is 0.857. The van der Waals surface area contributed by atoms with Gasteiger partial charge in [-0.2, -0.15) is 13.2 Å². The lowest BCUT2D eigenvalue weighted by Crippen LogP contribution is -2.51. The fraction of sp³-hybridized carbons (Fsp3) is 0.600. The Bertz CT molecular complexity index is 485. The second kappa shape index (κ2) is 6.22. The number of nitrogens with one attached hydrogen (secondary N) is 1. The zero-order chi connectivity index (χ0) is 15.6. The van der Waals surface area contributed by atoms with E-state index in [0.717, 1.165) is 24.6 Å². The van der Waals surface area contributed by atoms with Gasteiger partial charge in [0, 0.05) is 25.7 Å². The van der Waals surface area contributed by atoms with E-state index in [0.29, 0.717) is 25.6 Å². The van der Waals surface area contributed by atoms with Crippen molar-refractivity contribution in [1.82, 2.24) is 5.32 Å². The summed E-state index contributed by atoms with van der Waals surface area (Å²) in [6, 6.07) is 2.77. The third kappa shape index (κ3) is 4.09. The fourth-order valence-corrected chi connectivity index (χ4v) is 2.70. The third-order valence-corrected chi connectivity index (χ3v) is 3.63. The van der Waals surface area contributed by atoms with E-state index in [4.69, 9.17) is 0 Å². The number of hydrogen-bond donors (Lipinski definition) is 1. The zero-order valence-electron chi connectivity index (χ0n) is 12.2. The van der Waals surface area contributed by atoms with E-state index in [9.17, 15) is 17.6 Å². The summed E-state index contributed by atoms with van der Waals surface area (Å²) in [5, 5.41) is 3.33. The number of halogens is 4. The second-order valence-corrected chi connectivity index (χ2v) is 5.89. The lowest BCUT2D eigenvalue weighted by molar-refractivity contribution is -0.137. The van der Waals surface area contributed by atoms with Crippen LogP contribution in [0, 0.1) is 11.7 Å². The molecule has 21 heavy (non-hydrogen) atoms. The van der Waals surface area contributed by atoms with Gasteiger partial charge in [0.05, 0.1) is 11.3 Å². The van der Waals surface area contributed by atoms with Gasteiger partial charge in [-0.15, -0.1) is 0 Å². The van der Waals surface area contributed by atoms with E-state index < -0.39 is 17.6 Å². The Balaban J connectivity index is 2.20. The normalized spacial score (nSPS) is 20.1. The van der Waals surface area contributed by atoms with E-state index in [1.807, 2.05) is 0 Å². The zero-order valence-corrected chi connectivity index (χ0v) is 12.2. The van der Waals surface area contributed by atoms with E-state index >= 15 is 0 Å². The minimum atomic E-state index is -4.45. The van der Waals surface area contributed by atoms with Crippen LogP contribution in [0.4, 0.5) is 23.2 Å². The van der Waals surface area contributed by atoms with Crippen molar-refractivity contribution in [2.24, 2.45) is 5.92 Å². The maximum Gasteiger partial charge on any atom is 0.416 e. The van der Waals surface area contributed by atoms with E-state index in [2.05, 4.69) is 19.2 Å². The van der Waals surface area contributed by atoms with Crippen molar-refractivity contribution < 1.29 is 17.6 Å². The average Bonchev–Trinajstić information content (AvgIpc) is 2.37. The van der Waals surface area contributed by atoms with Crippen LogP contribution in [0.1, 0.15) is 25.8 Å². The van der Waals surface area contributed by atoms with Crippen molar-refractivity contribution in [3.05, 3.63) is 29.6 Å². The Hall–Kier alpha value is -1.30. The van der Waals surface area contributed by atoms with Gasteiger partial charge >= 0.3 is 6.18 Å². The molecule has 1 unspecified atom stereocenters. The molecule has 1 aliphatic heterocycles. The van der Waals surface area contributed by atoms with E-state index in [1.165, 1.54) is 0 Å². The molecule has 1 heterocycles. The van der Waals surface area contributed by atoms with Gasteiger partial charge in [-0.25, -0.2) is 4.39 Å². The molecular weight excluding hydrogens is 284 g/mol. The van der Waals surface area contributed by atoms with Gasteiger partial charge in [-0.05, 0) is 30.5 Å². The summed E-state index contributed by atoms with van der Waals surface area (Å²) in [5.41, 5.74) is -0.766. The topological polar surface area (TPSA) is 15.3 Å².